The number of nitro benzene ring substituents is 1. The molecule has 10 nitrogen and oxygen atoms in total. The van der Waals surface area contributed by atoms with Gasteiger partial charge >= 0.3 is 11.9 Å². The van der Waals surface area contributed by atoms with E-state index < -0.39 is 51.8 Å². The number of carbonyl (C=O) groups is 3. The van der Waals surface area contributed by atoms with E-state index in [0.717, 1.165) is 44.1 Å². The van der Waals surface area contributed by atoms with Crippen molar-refractivity contribution < 1.29 is 28.8 Å². The molecule has 1 fully saturated rings. The molecule has 0 radical (unpaired) electrons. The summed E-state index contributed by atoms with van der Waals surface area (Å²) in [4.78, 5) is 58.6. The van der Waals surface area contributed by atoms with Crippen LogP contribution in [0.5, 0.6) is 0 Å². The molecule has 0 aliphatic carbocycles. The second-order valence-electron chi connectivity index (χ2n) is 16.0. The van der Waals surface area contributed by atoms with E-state index in [0.29, 0.717) is 10.4 Å². The molecule has 1 aliphatic heterocycles. The van der Waals surface area contributed by atoms with Crippen LogP contribution in [0.15, 0.2) is 219 Å². The Bertz CT molecular complexity index is 2880. The van der Waals surface area contributed by atoms with Crippen LogP contribution >= 0.6 is 30.2 Å². The zero-order valence-electron chi connectivity index (χ0n) is 36.7. The molecular weight excluding hydrogens is 910 g/mol. The van der Waals surface area contributed by atoms with Gasteiger partial charge in [0.2, 0.25) is 5.91 Å². The van der Waals surface area contributed by atoms with E-state index in [9.17, 15) is 14.9 Å². The molecule has 2 heterocycles. The van der Waals surface area contributed by atoms with Gasteiger partial charge in [-0.2, -0.15) is 0 Å². The molecule has 13 heteroatoms. The summed E-state index contributed by atoms with van der Waals surface area (Å²) in [5.74, 6) is -2.80. The molecule has 3 unspecified atom stereocenters. The zero-order chi connectivity index (χ0) is 47.1. The lowest BCUT2D eigenvalue weighted by atomic mass is 9.84. The summed E-state index contributed by atoms with van der Waals surface area (Å²) in [6, 6.07) is 67.0. The van der Waals surface area contributed by atoms with Gasteiger partial charge in [-0.3, -0.25) is 24.6 Å². The van der Waals surface area contributed by atoms with E-state index in [1.54, 1.807) is 29.3 Å². The summed E-state index contributed by atoms with van der Waals surface area (Å²) >= 11 is 2.64. The van der Waals surface area contributed by atoms with Gasteiger partial charge in [-0.05, 0) is 67.9 Å². The summed E-state index contributed by atoms with van der Waals surface area (Å²) in [5.41, 5.74) is 3.28. The van der Waals surface area contributed by atoms with E-state index in [2.05, 4.69) is 40.8 Å². The predicted octanol–water partition coefficient (Wildman–Crippen LogP) is 10.0. The number of nitro groups is 1. The fourth-order valence-electron chi connectivity index (χ4n) is 8.97. The molecule has 9 rings (SSSR count). The minimum absolute atomic E-state index is 0.103. The first-order valence-corrected chi connectivity index (χ1v) is 25.3. The molecule has 0 bridgehead atoms. The molecule has 1 aromatic heterocycles. The zero-order valence-corrected chi connectivity index (χ0v) is 39.2. The predicted molar refractivity (Wildman–Crippen MR) is 271 cm³/mol. The van der Waals surface area contributed by atoms with Crippen molar-refractivity contribution in [1.82, 2.24) is 9.27 Å². The van der Waals surface area contributed by atoms with E-state index in [1.807, 2.05) is 146 Å². The summed E-state index contributed by atoms with van der Waals surface area (Å²) in [5, 5.41) is 13.1. The van der Waals surface area contributed by atoms with Gasteiger partial charge in [0.15, 0.2) is 6.10 Å². The highest BCUT2D eigenvalue weighted by Gasteiger charge is 2.61. The number of esters is 2. The molecular formula is C55H44N3O7PS2. The number of likely N-dealkylation sites (tertiary alicyclic amines) is 1. The van der Waals surface area contributed by atoms with E-state index >= 15 is 9.59 Å². The summed E-state index contributed by atoms with van der Waals surface area (Å²) in [6.45, 7) is -2.38. The number of rotatable bonds is 16. The average Bonchev–Trinajstić information content (AvgIpc) is 3.94. The van der Waals surface area contributed by atoms with Gasteiger partial charge in [0.1, 0.15) is 23.3 Å². The number of amides is 1. The molecule has 0 saturated carbocycles. The average molecular weight is 954 g/mol. The number of β-lactam (4-membered cyclic amide) rings is 1. The summed E-state index contributed by atoms with van der Waals surface area (Å²) in [6.07, 6.45) is 0.544. The number of thioether (sulfide) groups is 1. The Balaban J connectivity index is 1.38. The standard InChI is InChI=1S/C55H44N3O7PS2/c1-39(59)65-50(48-36-37-56-68-48)49-51(60)57(53(49)67-55(41-20-8-2-9-21-41,42-22-10-3-11-23-42)43-24-12-4-13-25-43)52(54(61)64-38-40-32-34-44(35-33-40)58(62)63)66(45-26-14-5-15-27-45,46-28-16-6-17-29-46)47-30-18-7-19-31-47/h2-37,49-50,53H,38H2,1H3. The van der Waals surface area contributed by atoms with Gasteiger partial charge in [-0.1, -0.05) is 182 Å². The van der Waals surface area contributed by atoms with Gasteiger partial charge < -0.3 is 9.47 Å². The smallest absolute Gasteiger partial charge is 0.356 e. The molecule has 68 heavy (non-hydrogen) atoms. The molecule has 0 spiro atoms. The summed E-state index contributed by atoms with van der Waals surface area (Å²) < 4.78 is 16.0. The van der Waals surface area contributed by atoms with Crippen molar-refractivity contribution in [2.24, 2.45) is 5.92 Å². The summed E-state index contributed by atoms with van der Waals surface area (Å²) in [7, 11) is 0. The SMILES string of the molecule is CC(=O)OC(c1ccns1)C1C(=O)N(C(C(=O)OCc2ccc([N+](=O)[O-])cc2)=P(c2ccccc2)(c2ccccc2)c2ccccc2)C1SC(c1ccccc1)(c1ccccc1)c1ccccc1. The lowest BCUT2D eigenvalue weighted by molar-refractivity contribution is -0.384. The van der Waals surface area contributed by atoms with Crippen LogP contribution in [0.4, 0.5) is 5.69 Å². The molecule has 7 aromatic carbocycles. The van der Waals surface area contributed by atoms with Crippen LogP contribution in [-0.4, -0.2) is 42.8 Å². The fourth-order valence-corrected chi connectivity index (χ4v) is 16.0. The minimum atomic E-state index is -3.46. The van der Waals surface area contributed by atoms with Crippen LogP contribution in [0.3, 0.4) is 0 Å². The normalized spacial score (nSPS) is 15.1. The van der Waals surface area contributed by atoms with Crippen molar-refractivity contribution in [2.75, 3.05) is 0 Å². The highest BCUT2D eigenvalue weighted by Crippen LogP contribution is 2.59. The van der Waals surface area contributed by atoms with Crippen molar-refractivity contribution in [3.8, 4) is 0 Å². The quantitative estimate of drug-likeness (QED) is 0.0232. The van der Waals surface area contributed by atoms with E-state index in [4.69, 9.17) is 9.47 Å². The fraction of sp³-hybridized carbons (Fsp3) is 0.109. The lowest BCUT2D eigenvalue weighted by Gasteiger charge is -2.53. The Morgan fingerprint density at radius 1 is 0.691 bits per heavy atom. The van der Waals surface area contributed by atoms with Crippen LogP contribution < -0.4 is 15.9 Å². The maximum atomic E-state index is 16.1. The Hall–Kier alpha value is -7.37. The maximum absolute atomic E-state index is 16.1. The van der Waals surface area contributed by atoms with E-state index in [-0.39, 0.29) is 17.7 Å². The van der Waals surface area contributed by atoms with Crippen molar-refractivity contribution in [3.05, 3.63) is 256 Å². The monoisotopic (exact) mass is 953 g/mol. The number of hydrogen-bond donors (Lipinski definition) is 0. The van der Waals surface area contributed by atoms with Crippen molar-refractivity contribution in [1.29, 1.82) is 0 Å². The topological polar surface area (TPSA) is 129 Å². The van der Waals surface area contributed by atoms with Crippen LogP contribution in [0.2, 0.25) is 0 Å². The van der Waals surface area contributed by atoms with Gasteiger partial charge in [0.25, 0.3) is 5.69 Å². The molecule has 1 aliphatic rings. The first kappa shape index (κ1) is 45.8. The van der Waals surface area contributed by atoms with Crippen LogP contribution in [0.25, 0.3) is 0 Å². The Kier molecular flexibility index (Phi) is 13.6. The number of hydrogen-bond acceptors (Lipinski definition) is 10. The second kappa shape index (κ2) is 20.2. The maximum Gasteiger partial charge on any atom is 0.356 e. The first-order chi connectivity index (χ1) is 33.2. The Labute approximate surface area is 402 Å². The second-order valence-corrected chi connectivity index (χ2v) is 21.5. The van der Waals surface area contributed by atoms with Gasteiger partial charge in [-0.25, -0.2) is 9.17 Å². The van der Waals surface area contributed by atoms with Crippen molar-refractivity contribution >= 4 is 75.0 Å². The molecule has 1 amide bonds. The third-order valence-electron chi connectivity index (χ3n) is 12.0. The Morgan fingerprint density at radius 3 is 1.53 bits per heavy atom. The highest BCUT2D eigenvalue weighted by atomic mass is 32.2. The molecule has 8 aromatic rings. The van der Waals surface area contributed by atoms with E-state index in [1.165, 1.54) is 30.8 Å². The van der Waals surface area contributed by atoms with Crippen LogP contribution in [0, 0.1) is 16.0 Å². The van der Waals surface area contributed by atoms with Crippen LogP contribution in [0.1, 0.15) is 40.2 Å². The third kappa shape index (κ3) is 8.70. The number of carbonyl (C=O) groups excluding carboxylic acids is 3. The van der Waals surface area contributed by atoms with Crippen LogP contribution in [-0.2, 0) is 35.2 Å². The van der Waals surface area contributed by atoms with Crippen molar-refractivity contribution in [3.63, 3.8) is 0 Å². The van der Waals surface area contributed by atoms with Crippen molar-refractivity contribution in [2.45, 2.75) is 29.8 Å². The third-order valence-corrected chi connectivity index (χ3v) is 18.8. The van der Waals surface area contributed by atoms with Gasteiger partial charge in [0.05, 0.1) is 14.5 Å². The largest absolute Gasteiger partial charge is 0.456 e. The molecule has 3 atom stereocenters. The number of benzene rings is 7. The molecule has 1 saturated heterocycles. The Morgan fingerprint density at radius 2 is 1.13 bits per heavy atom. The lowest BCUT2D eigenvalue weighted by Crippen LogP contribution is -2.67. The molecule has 338 valence electrons. The number of non-ortho nitro benzene ring substituents is 1. The molecule has 0 N–H and O–H groups in total. The number of nitrogens with zero attached hydrogens (tertiary/aromatic N) is 3. The highest BCUT2D eigenvalue weighted by molar-refractivity contribution is 8.01. The number of ether oxygens (including phenoxy) is 2. The van der Waals surface area contributed by atoms with Gasteiger partial charge in [0, 0.05) is 32.1 Å². The minimum Gasteiger partial charge on any atom is -0.456 e. The van der Waals surface area contributed by atoms with Gasteiger partial charge in [-0.15, -0.1) is 11.8 Å². The first-order valence-electron chi connectivity index (χ1n) is 21.8. The number of aromatic nitrogens is 1.